The zero-order chi connectivity index (χ0) is 13.8. The number of rotatable bonds is 5. The Balaban J connectivity index is 2.69. The van der Waals surface area contributed by atoms with E-state index in [2.05, 4.69) is 57.7 Å². The van der Waals surface area contributed by atoms with Gasteiger partial charge < -0.3 is 5.32 Å². The highest BCUT2D eigenvalue weighted by Crippen LogP contribution is 2.21. The largest absolute Gasteiger partial charge is 0.351 e. The molecule has 1 aromatic carbocycles. The lowest BCUT2D eigenvalue weighted by atomic mass is 9.90. The van der Waals surface area contributed by atoms with Gasteiger partial charge in [-0.15, -0.1) is 11.6 Å². The molecular formula is C13H16BrClINO. The van der Waals surface area contributed by atoms with E-state index < -0.39 is 0 Å². The minimum Gasteiger partial charge on any atom is -0.351 e. The van der Waals surface area contributed by atoms with Crippen molar-refractivity contribution in [2.45, 2.75) is 20.3 Å². The normalized spacial score (nSPS) is 11.4. The van der Waals surface area contributed by atoms with Crippen LogP contribution in [0.2, 0.25) is 0 Å². The van der Waals surface area contributed by atoms with E-state index in [9.17, 15) is 4.79 Å². The molecule has 0 fully saturated rings. The van der Waals surface area contributed by atoms with Crippen molar-refractivity contribution in [3.63, 3.8) is 0 Å². The van der Waals surface area contributed by atoms with Crippen molar-refractivity contribution in [1.29, 1.82) is 0 Å². The fourth-order valence-electron chi connectivity index (χ4n) is 1.43. The summed E-state index contributed by atoms with van der Waals surface area (Å²) in [6.45, 7) is 4.82. The van der Waals surface area contributed by atoms with Crippen molar-refractivity contribution in [1.82, 2.24) is 5.32 Å². The standard InChI is InChI=1S/C13H16BrClINO/c1-13(2,5-6-15)8-17-12(18)10-7-9(14)3-4-11(10)16/h3-4,7H,5-6,8H2,1-2H3,(H,17,18). The molecule has 0 heterocycles. The van der Waals surface area contributed by atoms with Gasteiger partial charge in [-0.05, 0) is 52.6 Å². The average molecular weight is 445 g/mol. The molecule has 2 nitrogen and oxygen atoms in total. The summed E-state index contributed by atoms with van der Waals surface area (Å²) < 4.78 is 1.86. The second kappa shape index (κ2) is 7.10. The van der Waals surface area contributed by atoms with Crippen LogP contribution in [0.15, 0.2) is 22.7 Å². The molecule has 100 valence electrons. The second-order valence-electron chi connectivity index (χ2n) is 4.91. The van der Waals surface area contributed by atoms with Crippen molar-refractivity contribution >= 4 is 56.0 Å². The Morgan fingerprint density at radius 3 is 2.78 bits per heavy atom. The Bertz CT molecular complexity index is 437. The number of carbonyl (C=O) groups is 1. The molecule has 1 amide bonds. The summed E-state index contributed by atoms with van der Waals surface area (Å²) in [6, 6.07) is 5.69. The average Bonchev–Trinajstić information content (AvgIpc) is 2.29. The van der Waals surface area contributed by atoms with Gasteiger partial charge in [-0.1, -0.05) is 29.8 Å². The first-order chi connectivity index (χ1) is 8.35. The summed E-state index contributed by atoms with van der Waals surface area (Å²) in [5.74, 6) is 0.570. The molecule has 0 aliphatic heterocycles. The van der Waals surface area contributed by atoms with Crippen molar-refractivity contribution in [2.24, 2.45) is 5.41 Å². The van der Waals surface area contributed by atoms with E-state index in [4.69, 9.17) is 11.6 Å². The van der Waals surface area contributed by atoms with Crippen LogP contribution in [-0.4, -0.2) is 18.3 Å². The first kappa shape index (κ1) is 16.2. The van der Waals surface area contributed by atoms with Crippen molar-refractivity contribution in [3.05, 3.63) is 31.8 Å². The third kappa shape index (κ3) is 5.05. The van der Waals surface area contributed by atoms with Crippen LogP contribution in [-0.2, 0) is 0 Å². The van der Waals surface area contributed by atoms with Crippen LogP contribution in [0.4, 0.5) is 0 Å². The van der Waals surface area contributed by atoms with E-state index >= 15 is 0 Å². The maximum Gasteiger partial charge on any atom is 0.252 e. The Hall–Kier alpha value is 0.190. The predicted molar refractivity (Wildman–Crippen MR) is 88.3 cm³/mol. The lowest BCUT2D eigenvalue weighted by Crippen LogP contribution is -2.34. The molecule has 0 spiro atoms. The molecule has 0 saturated carbocycles. The van der Waals surface area contributed by atoms with Gasteiger partial charge in [0.05, 0.1) is 5.56 Å². The van der Waals surface area contributed by atoms with Gasteiger partial charge >= 0.3 is 0 Å². The zero-order valence-electron chi connectivity index (χ0n) is 10.4. The van der Waals surface area contributed by atoms with Crippen LogP contribution in [0, 0.1) is 8.99 Å². The number of nitrogens with one attached hydrogen (secondary N) is 1. The van der Waals surface area contributed by atoms with Crippen LogP contribution < -0.4 is 5.32 Å². The minimum absolute atomic E-state index is 0.0227. The zero-order valence-corrected chi connectivity index (χ0v) is 14.9. The molecule has 1 aromatic rings. The third-order valence-corrected chi connectivity index (χ3v) is 4.29. The Labute approximate surface area is 135 Å². The second-order valence-corrected chi connectivity index (χ2v) is 7.37. The molecule has 1 N–H and O–H groups in total. The van der Waals surface area contributed by atoms with E-state index in [1.54, 1.807) is 0 Å². The summed E-state index contributed by atoms with van der Waals surface area (Å²) >= 11 is 11.3. The van der Waals surface area contributed by atoms with E-state index in [1.165, 1.54) is 0 Å². The van der Waals surface area contributed by atoms with Crippen molar-refractivity contribution in [2.75, 3.05) is 12.4 Å². The summed E-state index contributed by atoms with van der Waals surface area (Å²) in [5, 5.41) is 2.97. The highest BCUT2D eigenvalue weighted by Gasteiger charge is 2.19. The monoisotopic (exact) mass is 443 g/mol. The van der Waals surface area contributed by atoms with Crippen LogP contribution in [0.1, 0.15) is 30.6 Å². The maximum atomic E-state index is 12.1. The molecule has 0 atom stereocenters. The summed E-state index contributed by atoms with van der Waals surface area (Å²) in [4.78, 5) is 12.1. The molecule has 0 aliphatic carbocycles. The Kier molecular flexibility index (Phi) is 6.41. The smallest absolute Gasteiger partial charge is 0.252 e. The van der Waals surface area contributed by atoms with Crippen LogP contribution >= 0.6 is 50.1 Å². The van der Waals surface area contributed by atoms with Gasteiger partial charge in [0.1, 0.15) is 0 Å². The van der Waals surface area contributed by atoms with Crippen LogP contribution in [0.25, 0.3) is 0 Å². The van der Waals surface area contributed by atoms with Gasteiger partial charge in [0.25, 0.3) is 5.91 Å². The maximum absolute atomic E-state index is 12.1. The van der Waals surface area contributed by atoms with Gasteiger partial charge in [0.2, 0.25) is 0 Å². The van der Waals surface area contributed by atoms with Gasteiger partial charge in [-0.2, -0.15) is 0 Å². The predicted octanol–water partition coefficient (Wildman–Crippen LogP) is 4.44. The van der Waals surface area contributed by atoms with Gasteiger partial charge in [-0.25, -0.2) is 0 Å². The quantitative estimate of drug-likeness (QED) is 0.528. The van der Waals surface area contributed by atoms with E-state index in [-0.39, 0.29) is 11.3 Å². The molecule has 0 bridgehead atoms. The summed E-state index contributed by atoms with van der Waals surface area (Å²) in [5.41, 5.74) is 0.723. The number of hydrogen-bond donors (Lipinski definition) is 1. The molecule has 0 saturated heterocycles. The van der Waals surface area contributed by atoms with E-state index in [0.717, 1.165) is 14.5 Å². The van der Waals surface area contributed by atoms with Crippen LogP contribution in [0.5, 0.6) is 0 Å². The van der Waals surface area contributed by atoms with Gasteiger partial charge in [-0.3, -0.25) is 4.79 Å². The summed E-state index contributed by atoms with van der Waals surface area (Å²) in [7, 11) is 0. The van der Waals surface area contributed by atoms with E-state index in [1.807, 2.05) is 18.2 Å². The summed E-state index contributed by atoms with van der Waals surface area (Å²) in [6.07, 6.45) is 0.879. The highest BCUT2D eigenvalue weighted by atomic mass is 127. The molecular weight excluding hydrogens is 428 g/mol. The van der Waals surface area contributed by atoms with E-state index in [0.29, 0.717) is 18.0 Å². The molecule has 0 aliphatic rings. The minimum atomic E-state index is -0.0386. The number of amides is 1. The number of benzene rings is 1. The topological polar surface area (TPSA) is 29.1 Å². The first-order valence-corrected chi connectivity index (χ1v) is 8.05. The number of halogens is 3. The molecule has 18 heavy (non-hydrogen) atoms. The van der Waals surface area contributed by atoms with Crippen LogP contribution in [0.3, 0.4) is 0 Å². The highest BCUT2D eigenvalue weighted by molar-refractivity contribution is 14.1. The molecule has 1 rings (SSSR count). The lowest BCUT2D eigenvalue weighted by Gasteiger charge is -2.23. The first-order valence-electron chi connectivity index (χ1n) is 5.65. The SMILES string of the molecule is CC(C)(CCCl)CNC(=O)c1cc(Br)ccc1I. The molecule has 0 aromatic heterocycles. The number of alkyl halides is 1. The fraction of sp³-hybridized carbons (Fsp3) is 0.462. The number of hydrogen-bond acceptors (Lipinski definition) is 1. The number of carbonyl (C=O) groups excluding carboxylic acids is 1. The Morgan fingerprint density at radius 1 is 1.50 bits per heavy atom. The fourth-order valence-corrected chi connectivity index (χ4v) is 2.88. The van der Waals surface area contributed by atoms with Crippen molar-refractivity contribution in [3.8, 4) is 0 Å². The van der Waals surface area contributed by atoms with Gasteiger partial charge in [0.15, 0.2) is 0 Å². The lowest BCUT2D eigenvalue weighted by molar-refractivity contribution is 0.0935. The molecule has 5 heteroatoms. The van der Waals surface area contributed by atoms with Crippen molar-refractivity contribution < 1.29 is 4.79 Å². The van der Waals surface area contributed by atoms with Gasteiger partial charge in [0, 0.05) is 20.5 Å². The Morgan fingerprint density at radius 2 is 2.17 bits per heavy atom. The molecule has 0 unspecified atom stereocenters. The molecule has 0 radical (unpaired) electrons. The third-order valence-electron chi connectivity index (χ3n) is 2.67.